The Morgan fingerprint density at radius 2 is 1.87 bits per heavy atom. The summed E-state index contributed by atoms with van der Waals surface area (Å²) in [7, 11) is 0. The van der Waals surface area contributed by atoms with Gasteiger partial charge >= 0.3 is 5.69 Å². The molecule has 0 amide bonds. The first kappa shape index (κ1) is 20.1. The third-order valence-electron chi connectivity index (χ3n) is 4.96. The van der Waals surface area contributed by atoms with Crippen LogP contribution in [0, 0.1) is 0 Å². The highest BCUT2D eigenvalue weighted by atomic mass is 35.5. The molecule has 0 radical (unpaired) electrons. The summed E-state index contributed by atoms with van der Waals surface area (Å²) < 4.78 is 8.19. The van der Waals surface area contributed by atoms with Crippen molar-refractivity contribution in [3.05, 3.63) is 80.3 Å². The van der Waals surface area contributed by atoms with Crippen LogP contribution in [0.2, 0.25) is 5.02 Å². The van der Waals surface area contributed by atoms with Gasteiger partial charge < -0.3 is 4.52 Å². The molecule has 0 saturated heterocycles. The van der Waals surface area contributed by atoms with Crippen molar-refractivity contribution in [2.24, 2.45) is 0 Å². The second-order valence-corrected chi connectivity index (χ2v) is 7.51. The minimum Gasteiger partial charge on any atom is -0.337 e. The number of nitrogens with zero attached hydrogens (tertiary/aromatic N) is 4. The Labute approximate surface area is 177 Å². The van der Waals surface area contributed by atoms with Crippen LogP contribution in [0.4, 0.5) is 0 Å². The predicted octanol–water partition coefficient (Wildman–Crippen LogP) is 4.11. The quantitative estimate of drug-likeness (QED) is 0.417. The molecule has 0 aliphatic rings. The van der Waals surface area contributed by atoms with Crippen molar-refractivity contribution in [2.75, 3.05) is 0 Å². The standard InChI is InChI=1S/C22H21ClN4O3/c1-2-3-6-12-26-21(28)17-10-4-5-11-18(17)27(22(26)29)14-19-24-20(25-30-19)15-8-7-9-16(23)13-15/h4-5,7-11,13H,2-3,6,12,14H2,1H3. The van der Waals surface area contributed by atoms with E-state index in [0.717, 1.165) is 24.8 Å². The summed E-state index contributed by atoms with van der Waals surface area (Å²) in [6.45, 7) is 2.53. The lowest BCUT2D eigenvalue weighted by Gasteiger charge is -2.12. The Kier molecular flexibility index (Phi) is 5.81. The second-order valence-electron chi connectivity index (χ2n) is 7.07. The van der Waals surface area contributed by atoms with Gasteiger partial charge in [0.2, 0.25) is 11.7 Å². The Morgan fingerprint density at radius 1 is 1.03 bits per heavy atom. The minimum absolute atomic E-state index is 0.0704. The summed E-state index contributed by atoms with van der Waals surface area (Å²) in [5.41, 5.74) is 0.617. The first-order valence-corrected chi connectivity index (χ1v) is 10.3. The monoisotopic (exact) mass is 424 g/mol. The molecule has 154 valence electrons. The maximum Gasteiger partial charge on any atom is 0.331 e. The van der Waals surface area contributed by atoms with Gasteiger partial charge in [0.05, 0.1) is 10.9 Å². The van der Waals surface area contributed by atoms with E-state index < -0.39 is 0 Å². The van der Waals surface area contributed by atoms with Crippen LogP contribution in [0.3, 0.4) is 0 Å². The van der Waals surface area contributed by atoms with Gasteiger partial charge in [0.15, 0.2) is 0 Å². The maximum absolute atomic E-state index is 13.1. The zero-order valence-electron chi connectivity index (χ0n) is 16.5. The third-order valence-corrected chi connectivity index (χ3v) is 5.20. The number of para-hydroxylation sites is 1. The van der Waals surface area contributed by atoms with Crippen molar-refractivity contribution < 1.29 is 4.52 Å². The molecule has 2 heterocycles. The molecule has 4 rings (SSSR count). The van der Waals surface area contributed by atoms with Gasteiger partial charge in [0.25, 0.3) is 5.56 Å². The highest BCUT2D eigenvalue weighted by Crippen LogP contribution is 2.20. The second kappa shape index (κ2) is 8.67. The zero-order chi connectivity index (χ0) is 21.1. The molecule has 30 heavy (non-hydrogen) atoms. The number of fused-ring (bicyclic) bond motifs is 1. The highest BCUT2D eigenvalue weighted by Gasteiger charge is 2.16. The van der Waals surface area contributed by atoms with E-state index in [2.05, 4.69) is 17.1 Å². The van der Waals surface area contributed by atoms with Crippen LogP contribution in [-0.4, -0.2) is 19.3 Å². The lowest BCUT2D eigenvalue weighted by Crippen LogP contribution is -2.40. The van der Waals surface area contributed by atoms with Crippen molar-refractivity contribution in [3.8, 4) is 11.4 Å². The van der Waals surface area contributed by atoms with Crippen LogP contribution in [0.5, 0.6) is 0 Å². The van der Waals surface area contributed by atoms with E-state index >= 15 is 0 Å². The summed E-state index contributed by atoms with van der Waals surface area (Å²) in [5, 5.41) is 5.06. The summed E-state index contributed by atoms with van der Waals surface area (Å²) in [5.74, 6) is 0.664. The zero-order valence-corrected chi connectivity index (χ0v) is 17.3. The average Bonchev–Trinajstić information content (AvgIpc) is 3.22. The van der Waals surface area contributed by atoms with Gasteiger partial charge in [-0.1, -0.05) is 60.8 Å². The number of hydrogen-bond acceptors (Lipinski definition) is 5. The molecule has 0 atom stereocenters. The van der Waals surface area contributed by atoms with E-state index in [9.17, 15) is 9.59 Å². The molecule has 4 aromatic rings. The molecule has 0 aliphatic carbocycles. The molecule has 0 bridgehead atoms. The van der Waals surface area contributed by atoms with E-state index in [0.29, 0.717) is 28.3 Å². The molecule has 0 aliphatic heterocycles. The highest BCUT2D eigenvalue weighted by molar-refractivity contribution is 6.30. The molecule has 0 N–H and O–H groups in total. The fourth-order valence-electron chi connectivity index (χ4n) is 3.44. The van der Waals surface area contributed by atoms with E-state index in [1.807, 2.05) is 6.07 Å². The number of halogens is 1. The van der Waals surface area contributed by atoms with Crippen molar-refractivity contribution in [1.29, 1.82) is 0 Å². The van der Waals surface area contributed by atoms with Gasteiger partial charge in [-0.3, -0.25) is 13.9 Å². The van der Waals surface area contributed by atoms with E-state index in [4.69, 9.17) is 16.1 Å². The lowest BCUT2D eigenvalue weighted by molar-refractivity contribution is 0.369. The number of benzene rings is 2. The number of aromatic nitrogens is 4. The number of rotatable bonds is 7. The molecule has 2 aromatic carbocycles. The molecule has 0 fully saturated rings. The first-order valence-electron chi connectivity index (χ1n) is 9.89. The molecular formula is C22H21ClN4O3. The molecule has 0 saturated carbocycles. The van der Waals surface area contributed by atoms with Crippen molar-refractivity contribution in [1.82, 2.24) is 19.3 Å². The van der Waals surface area contributed by atoms with Crippen LogP contribution < -0.4 is 11.2 Å². The summed E-state index contributed by atoms with van der Waals surface area (Å²) in [6.07, 6.45) is 2.72. The smallest absolute Gasteiger partial charge is 0.331 e. The molecule has 0 spiro atoms. The summed E-state index contributed by atoms with van der Waals surface area (Å²) >= 11 is 6.04. The summed E-state index contributed by atoms with van der Waals surface area (Å²) in [6, 6.07) is 14.2. The fourth-order valence-corrected chi connectivity index (χ4v) is 3.63. The largest absolute Gasteiger partial charge is 0.337 e. The topological polar surface area (TPSA) is 82.9 Å². The van der Waals surface area contributed by atoms with Gasteiger partial charge in [0, 0.05) is 17.1 Å². The molecular weight excluding hydrogens is 404 g/mol. The molecule has 2 aromatic heterocycles. The maximum atomic E-state index is 13.1. The Hall–Kier alpha value is -3.19. The van der Waals surface area contributed by atoms with Gasteiger partial charge in [-0.25, -0.2) is 4.79 Å². The van der Waals surface area contributed by atoms with E-state index in [1.165, 1.54) is 9.13 Å². The van der Waals surface area contributed by atoms with Crippen molar-refractivity contribution in [3.63, 3.8) is 0 Å². The van der Waals surface area contributed by atoms with Crippen LogP contribution in [-0.2, 0) is 13.1 Å². The Morgan fingerprint density at radius 3 is 2.67 bits per heavy atom. The SMILES string of the molecule is CCCCCn1c(=O)c2ccccc2n(Cc2nc(-c3cccc(Cl)c3)no2)c1=O. The van der Waals surface area contributed by atoms with Gasteiger partial charge in [-0.2, -0.15) is 4.98 Å². The normalized spacial score (nSPS) is 11.3. The summed E-state index contributed by atoms with van der Waals surface area (Å²) in [4.78, 5) is 30.4. The van der Waals surface area contributed by atoms with Gasteiger partial charge in [-0.05, 0) is 30.7 Å². The average molecular weight is 425 g/mol. The van der Waals surface area contributed by atoms with Crippen LogP contribution >= 0.6 is 11.6 Å². The van der Waals surface area contributed by atoms with E-state index in [1.54, 1.807) is 42.5 Å². The fraction of sp³-hybridized carbons (Fsp3) is 0.273. The lowest BCUT2D eigenvalue weighted by atomic mass is 10.2. The molecule has 8 heteroatoms. The number of hydrogen-bond donors (Lipinski definition) is 0. The van der Waals surface area contributed by atoms with Crippen molar-refractivity contribution >= 4 is 22.5 Å². The van der Waals surface area contributed by atoms with Crippen LogP contribution in [0.15, 0.2) is 62.6 Å². The van der Waals surface area contributed by atoms with Gasteiger partial charge in [0.1, 0.15) is 6.54 Å². The Balaban J connectivity index is 1.75. The Bertz CT molecular complexity index is 1310. The van der Waals surface area contributed by atoms with E-state index in [-0.39, 0.29) is 23.7 Å². The number of unbranched alkanes of at least 4 members (excludes halogenated alkanes) is 2. The first-order chi connectivity index (χ1) is 14.6. The molecule has 7 nitrogen and oxygen atoms in total. The van der Waals surface area contributed by atoms with Crippen molar-refractivity contribution in [2.45, 2.75) is 39.3 Å². The predicted molar refractivity (Wildman–Crippen MR) is 116 cm³/mol. The minimum atomic E-state index is -0.377. The molecule has 0 unspecified atom stereocenters. The van der Waals surface area contributed by atoms with Crippen LogP contribution in [0.1, 0.15) is 32.1 Å². The van der Waals surface area contributed by atoms with Gasteiger partial charge in [-0.15, -0.1) is 0 Å². The third kappa shape index (κ3) is 3.93. The van der Waals surface area contributed by atoms with Crippen LogP contribution in [0.25, 0.3) is 22.3 Å².